The number of hydrogen-bond acceptors (Lipinski definition) is 1. The lowest BCUT2D eigenvalue weighted by Gasteiger charge is -2.10. The van der Waals surface area contributed by atoms with Gasteiger partial charge in [-0.3, -0.25) is 4.79 Å². The van der Waals surface area contributed by atoms with Crippen molar-refractivity contribution in [3.63, 3.8) is 0 Å². The van der Waals surface area contributed by atoms with E-state index in [0.29, 0.717) is 5.88 Å². The predicted molar refractivity (Wildman–Crippen MR) is 75.2 cm³/mol. The number of carbonyl (C=O) groups is 1. The first-order chi connectivity index (χ1) is 8.17. The van der Waals surface area contributed by atoms with E-state index < -0.39 is 0 Å². The molecule has 0 unspecified atom stereocenters. The lowest BCUT2D eigenvalue weighted by atomic mass is 9.98. The number of halogens is 1. The number of allylic oxidation sites excluding steroid dienone is 1. The fourth-order valence-electron chi connectivity index (χ4n) is 1.91. The van der Waals surface area contributed by atoms with Gasteiger partial charge in [0.25, 0.3) is 0 Å². The van der Waals surface area contributed by atoms with E-state index in [1.54, 1.807) is 0 Å². The molecular formula is C14H26ClNO. The summed E-state index contributed by atoms with van der Waals surface area (Å²) in [4.78, 5) is 11.4. The average molecular weight is 260 g/mol. The number of primary amides is 1. The van der Waals surface area contributed by atoms with Crippen LogP contribution in [0.4, 0.5) is 0 Å². The zero-order valence-electron chi connectivity index (χ0n) is 11.2. The number of rotatable bonds is 10. The number of amides is 1. The molecule has 0 aromatic rings. The minimum absolute atomic E-state index is 0.284. The van der Waals surface area contributed by atoms with Crippen molar-refractivity contribution in [2.75, 3.05) is 5.88 Å². The molecule has 2 N–H and O–H groups in total. The first-order valence-electron chi connectivity index (χ1n) is 6.73. The summed E-state index contributed by atoms with van der Waals surface area (Å²) in [5, 5.41) is 0. The molecule has 0 spiro atoms. The zero-order valence-corrected chi connectivity index (χ0v) is 12.0. The number of carbonyl (C=O) groups excluding carboxylic acids is 1. The van der Waals surface area contributed by atoms with Crippen molar-refractivity contribution in [3.8, 4) is 0 Å². The van der Waals surface area contributed by atoms with Gasteiger partial charge in [0.15, 0.2) is 0 Å². The molecule has 0 saturated carbocycles. The molecule has 0 aliphatic carbocycles. The molecule has 0 heterocycles. The first kappa shape index (κ1) is 16.5. The van der Waals surface area contributed by atoms with Crippen LogP contribution in [0.1, 0.15) is 65.2 Å². The van der Waals surface area contributed by atoms with Crippen molar-refractivity contribution < 1.29 is 4.79 Å². The summed E-state index contributed by atoms with van der Waals surface area (Å²) in [6, 6.07) is 0. The minimum Gasteiger partial charge on any atom is -0.366 e. The summed E-state index contributed by atoms with van der Waals surface area (Å²) >= 11 is 5.93. The second-order valence-electron chi connectivity index (χ2n) is 4.49. The van der Waals surface area contributed by atoms with Gasteiger partial charge in [-0.2, -0.15) is 0 Å². The van der Waals surface area contributed by atoms with Crippen LogP contribution in [-0.4, -0.2) is 11.8 Å². The molecule has 0 aromatic carbocycles. The maximum absolute atomic E-state index is 11.4. The summed E-state index contributed by atoms with van der Waals surface area (Å²) in [6.45, 7) is 4.32. The Hall–Kier alpha value is -0.500. The molecule has 0 saturated heterocycles. The minimum atomic E-state index is -0.284. The van der Waals surface area contributed by atoms with Crippen LogP contribution >= 0.6 is 11.6 Å². The molecule has 17 heavy (non-hydrogen) atoms. The molecule has 0 aliphatic heterocycles. The molecule has 1 amide bonds. The highest BCUT2D eigenvalue weighted by atomic mass is 35.5. The average Bonchev–Trinajstić information content (AvgIpc) is 2.31. The normalized spacial score (nSPS) is 12.4. The maximum atomic E-state index is 11.4. The van der Waals surface area contributed by atoms with Crippen molar-refractivity contribution in [2.24, 2.45) is 5.73 Å². The van der Waals surface area contributed by atoms with E-state index in [-0.39, 0.29) is 5.91 Å². The highest BCUT2D eigenvalue weighted by Crippen LogP contribution is 2.20. The molecule has 0 bridgehead atoms. The van der Waals surface area contributed by atoms with Crippen LogP contribution in [0.3, 0.4) is 0 Å². The van der Waals surface area contributed by atoms with E-state index in [1.165, 1.54) is 12.8 Å². The van der Waals surface area contributed by atoms with Crippen LogP contribution in [0.15, 0.2) is 11.1 Å². The van der Waals surface area contributed by atoms with Crippen molar-refractivity contribution in [1.29, 1.82) is 0 Å². The lowest BCUT2D eigenvalue weighted by molar-refractivity contribution is -0.114. The third-order valence-corrected chi connectivity index (χ3v) is 3.32. The summed E-state index contributed by atoms with van der Waals surface area (Å²) in [6.07, 6.45) is 8.49. The Morgan fingerprint density at radius 1 is 1.00 bits per heavy atom. The van der Waals surface area contributed by atoms with Gasteiger partial charge in [0.1, 0.15) is 0 Å². The summed E-state index contributed by atoms with van der Waals surface area (Å²) < 4.78 is 0. The zero-order chi connectivity index (χ0) is 13.1. The highest BCUT2D eigenvalue weighted by Gasteiger charge is 2.11. The topological polar surface area (TPSA) is 43.1 Å². The third-order valence-electron chi connectivity index (χ3n) is 3.00. The molecule has 0 radical (unpaired) electrons. The number of nitrogens with two attached hydrogens (primary N) is 1. The van der Waals surface area contributed by atoms with Crippen LogP contribution < -0.4 is 5.73 Å². The fraction of sp³-hybridized carbons (Fsp3) is 0.786. The summed E-state index contributed by atoms with van der Waals surface area (Å²) in [5.41, 5.74) is 7.29. The molecule has 0 atom stereocenters. The molecule has 3 heteroatoms. The fourth-order valence-corrected chi connectivity index (χ4v) is 2.21. The SMILES string of the molecule is CCCCC/C(CCl)=C(\CCCCC)C(N)=O. The van der Waals surface area contributed by atoms with Crippen molar-refractivity contribution in [2.45, 2.75) is 65.2 Å². The van der Waals surface area contributed by atoms with Gasteiger partial charge in [-0.15, -0.1) is 11.6 Å². The summed E-state index contributed by atoms with van der Waals surface area (Å²) in [7, 11) is 0. The second-order valence-corrected chi connectivity index (χ2v) is 4.76. The Balaban J connectivity index is 4.48. The van der Waals surface area contributed by atoms with Gasteiger partial charge < -0.3 is 5.73 Å². The van der Waals surface area contributed by atoms with Crippen LogP contribution in [0, 0.1) is 0 Å². The van der Waals surface area contributed by atoms with Crippen LogP contribution in [0.25, 0.3) is 0 Å². The molecule has 100 valence electrons. The van der Waals surface area contributed by atoms with Gasteiger partial charge in [-0.1, -0.05) is 39.5 Å². The second kappa shape index (κ2) is 10.6. The molecule has 0 aromatic heterocycles. The smallest absolute Gasteiger partial charge is 0.244 e. The standard InChI is InChI=1S/C14H26ClNO/c1-3-5-7-9-12(11-15)13(14(16)17)10-8-6-4-2/h3-11H2,1-2H3,(H2,16,17)/b13-12-. The van der Waals surface area contributed by atoms with Gasteiger partial charge in [0, 0.05) is 11.5 Å². The predicted octanol–water partition coefficient (Wildman–Crippen LogP) is 4.17. The van der Waals surface area contributed by atoms with E-state index in [2.05, 4.69) is 13.8 Å². The Morgan fingerprint density at radius 2 is 1.53 bits per heavy atom. The Bertz CT molecular complexity index is 249. The van der Waals surface area contributed by atoms with Crippen LogP contribution in [0.2, 0.25) is 0 Å². The Kier molecular flexibility index (Phi) is 10.3. The van der Waals surface area contributed by atoms with E-state index in [1.807, 2.05) is 0 Å². The van der Waals surface area contributed by atoms with Crippen molar-refractivity contribution in [1.82, 2.24) is 0 Å². The van der Waals surface area contributed by atoms with E-state index in [9.17, 15) is 4.79 Å². The van der Waals surface area contributed by atoms with Gasteiger partial charge in [-0.05, 0) is 31.3 Å². The molecule has 2 nitrogen and oxygen atoms in total. The summed E-state index contributed by atoms with van der Waals surface area (Å²) in [5.74, 6) is 0.155. The number of unbranched alkanes of at least 4 members (excludes halogenated alkanes) is 4. The number of alkyl halides is 1. The van der Waals surface area contributed by atoms with E-state index >= 15 is 0 Å². The molecule has 0 rings (SSSR count). The molecule has 0 fully saturated rings. The largest absolute Gasteiger partial charge is 0.366 e. The highest BCUT2D eigenvalue weighted by molar-refractivity contribution is 6.20. The first-order valence-corrected chi connectivity index (χ1v) is 7.27. The van der Waals surface area contributed by atoms with E-state index in [0.717, 1.165) is 49.7 Å². The Labute approximate surface area is 111 Å². The third kappa shape index (κ3) is 7.43. The van der Waals surface area contributed by atoms with Crippen molar-refractivity contribution >= 4 is 17.5 Å². The van der Waals surface area contributed by atoms with Gasteiger partial charge >= 0.3 is 0 Å². The van der Waals surface area contributed by atoms with Crippen LogP contribution in [0.5, 0.6) is 0 Å². The van der Waals surface area contributed by atoms with Crippen LogP contribution in [-0.2, 0) is 4.79 Å². The van der Waals surface area contributed by atoms with Gasteiger partial charge in [-0.25, -0.2) is 0 Å². The number of hydrogen-bond donors (Lipinski definition) is 1. The quantitative estimate of drug-likeness (QED) is 0.357. The Morgan fingerprint density at radius 3 is 1.94 bits per heavy atom. The maximum Gasteiger partial charge on any atom is 0.244 e. The van der Waals surface area contributed by atoms with Crippen molar-refractivity contribution in [3.05, 3.63) is 11.1 Å². The molecular weight excluding hydrogens is 234 g/mol. The van der Waals surface area contributed by atoms with Gasteiger partial charge in [0.05, 0.1) is 0 Å². The molecule has 0 aliphatic rings. The lowest BCUT2D eigenvalue weighted by Crippen LogP contribution is -2.17. The monoisotopic (exact) mass is 259 g/mol. The van der Waals surface area contributed by atoms with Gasteiger partial charge in [0.2, 0.25) is 5.91 Å². The van der Waals surface area contributed by atoms with E-state index in [4.69, 9.17) is 17.3 Å².